The lowest BCUT2D eigenvalue weighted by Crippen LogP contribution is -2.32. The average molecular weight is 237 g/mol. The molecule has 2 N–H and O–H groups in total. The maximum absolute atomic E-state index is 11.7. The van der Waals surface area contributed by atoms with Crippen molar-refractivity contribution >= 4 is 11.6 Å². The van der Waals surface area contributed by atoms with Crippen molar-refractivity contribution in [2.75, 3.05) is 20.1 Å². The Bertz CT molecular complexity index is 403. The van der Waals surface area contributed by atoms with Gasteiger partial charge in [-0.15, -0.1) is 0 Å². The second kappa shape index (κ2) is 5.95. The molecular weight excluding hydrogens is 222 g/mol. The molecule has 0 saturated carbocycles. The second-order valence-corrected chi connectivity index (χ2v) is 3.70. The quantitative estimate of drug-likeness (QED) is 0.598. The van der Waals surface area contributed by atoms with Gasteiger partial charge in [0.15, 0.2) is 0 Å². The van der Waals surface area contributed by atoms with Gasteiger partial charge in [0.25, 0.3) is 5.69 Å². The van der Waals surface area contributed by atoms with Crippen LogP contribution >= 0.6 is 0 Å². The summed E-state index contributed by atoms with van der Waals surface area (Å²) in [6.45, 7) is 0.925. The molecule has 1 aromatic rings. The van der Waals surface area contributed by atoms with Crippen LogP contribution in [0.2, 0.25) is 0 Å². The molecule has 1 amide bonds. The molecule has 0 aliphatic carbocycles. The molecule has 92 valence electrons. The van der Waals surface area contributed by atoms with Crippen molar-refractivity contribution < 1.29 is 9.72 Å². The first-order chi connectivity index (χ1) is 8.04. The zero-order valence-corrected chi connectivity index (χ0v) is 9.63. The van der Waals surface area contributed by atoms with Crippen molar-refractivity contribution in [3.63, 3.8) is 0 Å². The highest BCUT2D eigenvalue weighted by atomic mass is 16.6. The third-order valence-corrected chi connectivity index (χ3v) is 2.39. The molecule has 0 fully saturated rings. The molecule has 0 heterocycles. The Balaban J connectivity index is 2.63. The molecular formula is C11H15N3O3. The van der Waals surface area contributed by atoms with Crippen LogP contribution in [0.15, 0.2) is 24.3 Å². The first-order valence-electron chi connectivity index (χ1n) is 5.22. The van der Waals surface area contributed by atoms with Gasteiger partial charge in [0.1, 0.15) is 0 Å². The Labute approximate surface area is 99.2 Å². The van der Waals surface area contributed by atoms with E-state index >= 15 is 0 Å². The Morgan fingerprint density at radius 2 is 2.00 bits per heavy atom. The van der Waals surface area contributed by atoms with E-state index in [0.717, 1.165) is 5.56 Å². The van der Waals surface area contributed by atoms with Crippen molar-refractivity contribution in [2.45, 2.75) is 6.42 Å². The van der Waals surface area contributed by atoms with Gasteiger partial charge < -0.3 is 10.6 Å². The topological polar surface area (TPSA) is 89.5 Å². The molecule has 0 radical (unpaired) electrons. The van der Waals surface area contributed by atoms with E-state index in [9.17, 15) is 14.9 Å². The van der Waals surface area contributed by atoms with Gasteiger partial charge in [-0.3, -0.25) is 14.9 Å². The van der Waals surface area contributed by atoms with Gasteiger partial charge in [0, 0.05) is 32.3 Å². The predicted molar refractivity (Wildman–Crippen MR) is 63.5 cm³/mol. The van der Waals surface area contributed by atoms with Crippen LogP contribution in [0.25, 0.3) is 0 Å². The van der Waals surface area contributed by atoms with E-state index in [1.807, 2.05) is 0 Å². The van der Waals surface area contributed by atoms with E-state index in [-0.39, 0.29) is 18.0 Å². The van der Waals surface area contributed by atoms with Crippen molar-refractivity contribution in [3.8, 4) is 0 Å². The Hall–Kier alpha value is -1.95. The minimum atomic E-state index is -0.466. The molecule has 0 saturated heterocycles. The summed E-state index contributed by atoms with van der Waals surface area (Å²) in [5.41, 5.74) is 6.12. The van der Waals surface area contributed by atoms with E-state index < -0.39 is 4.92 Å². The molecule has 0 aliphatic heterocycles. The maximum atomic E-state index is 11.7. The fourth-order valence-corrected chi connectivity index (χ4v) is 1.36. The van der Waals surface area contributed by atoms with E-state index in [0.29, 0.717) is 13.1 Å². The summed E-state index contributed by atoms with van der Waals surface area (Å²) in [6, 6.07) is 5.97. The number of carbonyl (C=O) groups is 1. The molecule has 0 atom stereocenters. The van der Waals surface area contributed by atoms with Crippen LogP contribution in [0, 0.1) is 10.1 Å². The number of likely N-dealkylation sites (N-methyl/N-ethyl adjacent to an activating group) is 1. The van der Waals surface area contributed by atoms with Crippen LogP contribution < -0.4 is 5.73 Å². The number of carbonyl (C=O) groups excluding carboxylic acids is 1. The summed E-state index contributed by atoms with van der Waals surface area (Å²) < 4.78 is 0. The lowest BCUT2D eigenvalue weighted by Gasteiger charge is -2.15. The number of nitrogens with two attached hydrogens (primary N) is 1. The standard InChI is InChI=1S/C11H15N3O3/c1-13(7-6-12)11(15)8-9-2-4-10(5-3-9)14(16)17/h2-5H,6-8,12H2,1H3. The third kappa shape index (κ3) is 3.84. The van der Waals surface area contributed by atoms with Gasteiger partial charge in [0.2, 0.25) is 5.91 Å². The second-order valence-electron chi connectivity index (χ2n) is 3.70. The third-order valence-electron chi connectivity index (χ3n) is 2.39. The fraction of sp³-hybridized carbons (Fsp3) is 0.364. The van der Waals surface area contributed by atoms with Crippen LogP contribution in [0.3, 0.4) is 0 Å². The van der Waals surface area contributed by atoms with Gasteiger partial charge >= 0.3 is 0 Å². The van der Waals surface area contributed by atoms with Crippen molar-refractivity contribution in [2.24, 2.45) is 5.73 Å². The van der Waals surface area contributed by atoms with Gasteiger partial charge in [-0.05, 0) is 5.56 Å². The maximum Gasteiger partial charge on any atom is 0.269 e. The highest BCUT2D eigenvalue weighted by Gasteiger charge is 2.10. The normalized spacial score (nSPS) is 10.0. The van der Waals surface area contributed by atoms with Crippen molar-refractivity contribution in [1.82, 2.24) is 4.90 Å². The van der Waals surface area contributed by atoms with Gasteiger partial charge in [0.05, 0.1) is 11.3 Å². The van der Waals surface area contributed by atoms with Gasteiger partial charge in [-0.2, -0.15) is 0 Å². The summed E-state index contributed by atoms with van der Waals surface area (Å²) in [6.07, 6.45) is 0.231. The molecule has 0 aromatic heterocycles. The van der Waals surface area contributed by atoms with E-state index in [2.05, 4.69) is 0 Å². The van der Waals surface area contributed by atoms with Crippen LogP contribution in [-0.4, -0.2) is 35.9 Å². The van der Waals surface area contributed by atoms with Crippen LogP contribution in [-0.2, 0) is 11.2 Å². The molecule has 6 nitrogen and oxygen atoms in total. The minimum absolute atomic E-state index is 0.0245. The molecule has 0 spiro atoms. The number of nitro benzene ring substituents is 1. The summed E-state index contributed by atoms with van der Waals surface area (Å²) in [5.74, 6) is -0.0516. The minimum Gasteiger partial charge on any atom is -0.344 e. The Morgan fingerprint density at radius 3 is 2.47 bits per heavy atom. The lowest BCUT2D eigenvalue weighted by molar-refractivity contribution is -0.384. The van der Waals surface area contributed by atoms with Crippen LogP contribution in [0.5, 0.6) is 0 Å². The van der Waals surface area contributed by atoms with Crippen LogP contribution in [0.4, 0.5) is 5.69 Å². The first kappa shape index (κ1) is 13.1. The smallest absolute Gasteiger partial charge is 0.269 e. The first-order valence-corrected chi connectivity index (χ1v) is 5.22. The van der Waals surface area contributed by atoms with Gasteiger partial charge in [-0.1, -0.05) is 12.1 Å². The number of nitrogens with zero attached hydrogens (tertiary/aromatic N) is 2. The number of hydrogen-bond acceptors (Lipinski definition) is 4. The number of nitro groups is 1. The van der Waals surface area contributed by atoms with Crippen LogP contribution in [0.1, 0.15) is 5.56 Å². The lowest BCUT2D eigenvalue weighted by atomic mass is 10.1. The van der Waals surface area contributed by atoms with E-state index in [1.165, 1.54) is 12.1 Å². The summed E-state index contributed by atoms with van der Waals surface area (Å²) in [7, 11) is 1.68. The summed E-state index contributed by atoms with van der Waals surface area (Å²) >= 11 is 0. The largest absolute Gasteiger partial charge is 0.344 e. The zero-order valence-electron chi connectivity index (χ0n) is 9.63. The molecule has 0 bridgehead atoms. The SMILES string of the molecule is CN(CCN)C(=O)Cc1ccc([N+](=O)[O-])cc1. The number of non-ortho nitro benzene ring substituents is 1. The molecule has 1 aromatic carbocycles. The molecule has 0 unspecified atom stereocenters. The van der Waals surface area contributed by atoms with Gasteiger partial charge in [-0.25, -0.2) is 0 Å². The molecule has 1 rings (SSSR count). The van der Waals surface area contributed by atoms with E-state index in [4.69, 9.17) is 5.73 Å². The molecule has 6 heteroatoms. The number of benzene rings is 1. The number of hydrogen-bond donors (Lipinski definition) is 1. The monoisotopic (exact) mass is 237 g/mol. The highest BCUT2D eigenvalue weighted by molar-refractivity contribution is 5.78. The predicted octanol–water partition coefficient (Wildman–Crippen LogP) is 0.554. The number of rotatable bonds is 5. The highest BCUT2D eigenvalue weighted by Crippen LogP contribution is 2.12. The van der Waals surface area contributed by atoms with Crippen molar-refractivity contribution in [3.05, 3.63) is 39.9 Å². The summed E-state index contributed by atoms with van der Waals surface area (Å²) in [4.78, 5) is 23.2. The molecule has 17 heavy (non-hydrogen) atoms. The van der Waals surface area contributed by atoms with E-state index in [1.54, 1.807) is 24.1 Å². The Kier molecular flexibility index (Phi) is 4.59. The molecule has 0 aliphatic rings. The number of amides is 1. The van der Waals surface area contributed by atoms with Crippen molar-refractivity contribution in [1.29, 1.82) is 0 Å². The Morgan fingerprint density at radius 1 is 1.41 bits per heavy atom. The summed E-state index contributed by atoms with van der Waals surface area (Å²) in [5, 5.41) is 10.4. The average Bonchev–Trinajstić information content (AvgIpc) is 2.30. The fourth-order valence-electron chi connectivity index (χ4n) is 1.36. The zero-order chi connectivity index (χ0) is 12.8.